The minimum atomic E-state index is -1.23. The Balaban J connectivity index is 1.36. The molecule has 1 aromatic heterocycles. The molecule has 214 valence electrons. The first-order valence-corrected chi connectivity index (χ1v) is 14.9. The van der Waals surface area contributed by atoms with Gasteiger partial charge in [-0.25, -0.2) is 9.78 Å². The Morgan fingerprint density at radius 3 is 2.33 bits per heavy atom. The fourth-order valence-electron chi connectivity index (χ4n) is 8.27. The summed E-state index contributed by atoms with van der Waals surface area (Å²) in [5.41, 5.74) is 0.474. The van der Waals surface area contributed by atoms with E-state index in [1.54, 1.807) is 0 Å². The summed E-state index contributed by atoms with van der Waals surface area (Å²) in [6.45, 7) is -0.729. The standard InChI is InChI=1S/C30H39N5O5/c1-31-29(38)27(33-40-17-26(36)37)28-30(39)35(25-11-3-2-10-24(25)32-28)23-15-20-8-5-9-21(16-23)34(20)22-13-18-6-4-7-19(12-18)14-22/h2-3,10-11,18-23H,4-9,12-17H2,1H3,(H,31,38)(H,36,37)/b33-27-/t18?,19?,20-,21+,22?,23+. The number of hydrogen-bond acceptors (Lipinski definition) is 7. The van der Waals surface area contributed by atoms with Crippen LogP contribution in [-0.4, -0.2) is 68.9 Å². The van der Waals surface area contributed by atoms with Crippen molar-refractivity contribution in [2.75, 3.05) is 13.7 Å². The molecule has 1 amide bonds. The van der Waals surface area contributed by atoms with Crippen LogP contribution < -0.4 is 10.9 Å². The Bertz CT molecular complexity index is 1350. The van der Waals surface area contributed by atoms with Gasteiger partial charge in [0.15, 0.2) is 11.4 Å². The predicted octanol–water partition coefficient (Wildman–Crippen LogP) is 3.47. The number of carboxylic acids is 1. The molecular weight excluding hydrogens is 510 g/mol. The minimum absolute atomic E-state index is 0.0281. The quantitative estimate of drug-likeness (QED) is 0.400. The van der Waals surface area contributed by atoms with Crippen LogP contribution in [0.1, 0.15) is 82.4 Å². The van der Waals surface area contributed by atoms with E-state index in [0.717, 1.165) is 43.0 Å². The second kappa shape index (κ2) is 11.3. The van der Waals surface area contributed by atoms with E-state index in [1.807, 2.05) is 28.8 Å². The van der Waals surface area contributed by atoms with Crippen LogP contribution >= 0.6 is 0 Å². The van der Waals surface area contributed by atoms with Crippen LogP contribution in [-0.2, 0) is 14.4 Å². The summed E-state index contributed by atoms with van der Waals surface area (Å²) < 4.78 is 1.82. The number of nitrogens with zero attached hydrogens (tertiary/aromatic N) is 4. The molecule has 2 aromatic rings. The molecule has 2 aliphatic carbocycles. The van der Waals surface area contributed by atoms with Crippen LogP contribution in [0.2, 0.25) is 0 Å². The van der Waals surface area contributed by atoms with Crippen molar-refractivity contribution < 1.29 is 19.5 Å². The van der Waals surface area contributed by atoms with Crippen molar-refractivity contribution in [3.05, 3.63) is 40.3 Å². The van der Waals surface area contributed by atoms with E-state index in [2.05, 4.69) is 20.4 Å². The molecule has 2 saturated heterocycles. The van der Waals surface area contributed by atoms with Crippen LogP contribution in [0.25, 0.3) is 11.0 Å². The largest absolute Gasteiger partial charge is 0.479 e. The van der Waals surface area contributed by atoms with Gasteiger partial charge < -0.3 is 19.8 Å². The van der Waals surface area contributed by atoms with Crippen molar-refractivity contribution >= 4 is 28.6 Å². The number of likely N-dealkylation sites (N-methyl/N-ethyl adjacent to an activating group) is 1. The summed E-state index contributed by atoms with van der Waals surface area (Å²) in [5.74, 6) is -0.151. The van der Waals surface area contributed by atoms with E-state index < -0.39 is 24.0 Å². The van der Waals surface area contributed by atoms with Crippen LogP contribution in [0.5, 0.6) is 0 Å². The summed E-state index contributed by atoms with van der Waals surface area (Å²) in [5, 5.41) is 15.2. The van der Waals surface area contributed by atoms with Gasteiger partial charge in [0.25, 0.3) is 11.5 Å². The third kappa shape index (κ3) is 5.13. The molecule has 4 bridgehead atoms. The Hall–Kier alpha value is -3.27. The first-order chi connectivity index (χ1) is 19.4. The molecule has 10 heteroatoms. The lowest BCUT2D eigenvalue weighted by atomic mass is 9.68. The number of carbonyl (C=O) groups excluding carboxylic acids is 1. The van der Waals surface area contributed by atoms with E-state index in [4.69, 9.17) is 9.94 Å². The number of benzene rings is 1. The first kappa shape index (κ1) is 26.9. The SMILES string of the molecule is CNC(=O)/C(=N\OCC(=O)O)c1nc2ccccc2n([C@H]2C[C@H]3CCC[C@@H](C2)N3C2CC3CCCC(C3)C2)c1=O. The second-order valence-electron chi connectivity index (χ2n) is 12.1. The number of fused-ring (bicyclic) bond motifs is 5. The van der Waals surface area contributed by atoms with Gasteiger partial charge in [-0.1, -0.05) is 43.0 Å². The van der Waals surface area contributed by atoms with Crippen molar-refractivity contribution in [1.29, 1.82) is 0 Å². The molecule has 0 spiro atoms. The highest BCUT2D eigenvalue weighted by Crippen LogP contribution is 2.47. The fourth-order valence-corrected chi connectivity index (χ4v) is 8.27. The molecule has 4 aliphatic rings. The minimum Gasteiger partial charge on any atom is -0.479 e. The summed E-state index contributed by atoms with van der Waals surface area (Å²) >= 11 is 0. The topological polar surface area (TPSA) is 126 Å². The van der Waals surface area contributed by atoms with Crippen LogP contribution in [0.15, 0.2) is 34.2 Å². The lowest BCUT2D eigenvalue weighted by Crippen LogP contribution is -2.58. The number of oxime groups is 1. The van der Waals surface area contributed by atoms with Gasteiger partial charge in [-0.3, -0.25) is 14.5 Å². The number of piperidine rings is 2. The lowest BCUT2D eigenvalue weighted by Gasteiger charge is -2.55. The average Bonchev–Trinajstić information content (AvgIpc) is 2.94. The van der Waals surface area contributed by atoms with Crippen molar-refractivity contribution in [3.63, 3.8) is 0 Å². The Morgan fingerprint density at radius 2 is 1.65 bits per heavy atom. The molecule has 2 saturated carbocycles. The number of amides is 1. The number of carbonyl (C=O) groups is 2. The molecule has 0 radical (unpaired) electrons. The van der Waals surface area contributed by atoms with Crippen molar-refractivity contribution in [1.82, 2.24) is 19.8 Å². The normalized spacial score (nSPS) is 30.6. The van der Waals surface area contributed by atoms with Gasteiger partial charge in [0.1, 0.15) is 0 Å². The van der Waals surface area contributed by atoms with Crippen LogP contribution in [0.3, 0.4) is 0 Å². The molecule has 2 unspecified atom stereocenters. The number of nitrogens with one attached hydrogen (secondary N) is 1. The molecule has 2 N–H and O–H groups in total. The van der Waals surface area contributed by atoms with Gasteiger partial charge in [-0.05, 0) is 68.9 Å². The molecule has 3 heterocycles. The zero-order valence-electron chi connectivity index (χ0n) is 23.1. The van der Waals surface area contributed by atoms with Crippen LogP contribution in [0, 0.1) is 11.8 Å². The maximum atomic E-state index is 14.1. The Labute approximate surface area is 233 Å². The highest BCUT2D eigenvalue weighted by atomic mass is 16.6. The molecule has 5 atom stereocenters. The molecule has 2 aliphatic heterocycles. The van der Waals surface area contributed by atoms with Gasteiger partial charge in [0.05, 0.1) is 11.0 Å². The maximum Gasteiger partial charge on any atom is 0.344 e. The van der Waals surface area contributed by atoms with E-state index in [9.17, 15) is 14.4 Å². The fraction of sp³-hybridized carbons (Fsp3) is 0.633. The average molecular weight is 550 g/mol. The maximum absolute atomic E-state index is 14.1. The summed E-state index contributed by atoms with van der Waals surface area (Å²) in [7, 11) is 1.42. The van der Waals surface area contributed by atoms with Gasteiger partial charge in [0.2, 0.25) is 6.61 Å². The van der Waals surface area contributed by atoms with E-state index in [1.165, 1.54) is 52.0 Å². The summed E-state index contributed by atoms with van der Waals surface area (Å²) in [4.78, 5) is 50.1. The number of hydrogen-bond donors (Lipinski definition) is 2. The molecule has 1 aromatic carbocycles. The third-order valence-corrected chi connectivity index (χ3v) is 9.70. The molecular formula is C30H39N5O5. The highest BCUT2D eigenvalue weighted by Gasteiger charge is 2.45. The zero-order chi connectivity index (χ0) is 27.8. The molecule has 6 rings (SSSR count). The molecule has 10 nitrogen and oxygen atoms in total. The second-order valence-corrected chi connectivity index (χ2v) is 12.1. The van der Waals surface area contributed by atoms with Crippen molar-refractivity contribution in [2.45, 2.75) is 94.8 Å². The molecule has 4 fully saturated rings. The third-order valence-electron chi connectivity index (χ3n) is 9.70. The highest BCUT2D eigenvalue weighted by molar-refractivity contribution is 6.44. The van der Waals surface area contributed by atoms with Crippen molar-refractivity contribution in [2.24, 2.45) is 17.0 Å². The number of aliphatic carboxylic acids is 1. The van der Waals surface area contributed by atoms with Gasteiger partial charge in [-0.2, -0.15) is 0 Å². The van der Waals surface area contributed by atoms with Gasteiger partial charge in [-0.15, -0.1) is 0 Å². The number of aromatic nitrogens is 2. The summed E-state index contributed by atoms with van der Waals surface area (Å²) in [6.07, 6.45) is 13.5. The van der Waals surface area contributed by atoms with E-state index in [-0.39, 0.29) is 17.4 Å². The van der Waals surface area contributed by atoms with E-state index >= 15 is 0 Å². The lowest BCUT2D eigenvalue weighted by molar-refractivity contribution is -0.142. The number of carboxylic acid groups (broad SMARTS) is 1. The van der Waals surface area contributed by atoms with E-state index in [0.29, 0.717) is 23.6 Å². The first-order valence-electron chi connectivity index (χ1n) is 14.9. The summed E-state index contributed by atoms with van der Waals surface area (Å²) in [6, 6.07) is 8.99. The van der Waals surface area contributed by atoms with Crippen LogP contribution in [0.4, 0.5) is 0 Å². The van der Waals surface area contributed by atoms with Crippen molar-refractivity contribution in [3.8, 4) is 0 Å². The van der Waals surface area contributed by atoms with Gasteiger partial charge in [0, 0.05) is 31.2 Å². The Morgan fingerprint density at radius 1 is 0.975 bits per heavy atom. The zero-order valence-corrected chi connectivity index (χ0v) is 23.1. The Kier molecular flexibility index (Phi) is 7.61. The van der Waals surface area contributed by atoms with Gasteiger partial charge >= 0.3 is 5.97 Å². The smallest absolute Gasteiger partial charge is 0.344 e. The molecule has 40 heavy (non-hydrogen) atoms. The monoisotopic (exact) mass is 549 g/mol. The predicted molar refractivity (Wildman–Crippen MR) is 150 cm³/mol. The number of rotatable bonds is 7. The number of para-hydroxylation sites is 2.